The second kappa shape index (κ2) is 5.41. The lowest BCUT2D eigenvalue weighted by Crippen LogP contribution is -2.00. The Kier molecular flexibility index (Phi) is 3.44. The maximum absolute atomic E-state index is 13.3. The SMILES string of the molecule is Cc1cc(-c2noc(Cn3cc(CN)nn3)n2)ccc1F. The average molecular weight is 288 g/mol. The molecule has 0 saturated heterocycles. The van der Waals surface area contributed by atoms with Crippen LogP contribution in [-0.4, -0.2) is 25.1 Å². The summed E-state index contributed by atoms with van der Waals surface area (Å²) < 4.78 is 20.0. The highest BCUT2D eigenvalue weighted by Crippen LogP contribution is 2.19. The normalized spacial score (nSPS) is 11.0. The van der Waals surface area contributed by atoms with Crippen LogP contribution in [-0.2, 0) is 13.1 Å². The lowest BCUT2D eigenvalue weighted by molar-refractivity contribution is 0.364. The minimum absolute atomic E-state index is 0.264. The smallest absolute Gasteiger partial charge is 0.248 e. The van der Waals surface area contributed by atoms with Gasteiger partial charge in [-0.25, -0.2) is 9.07 Å². The van der Waals surface area contributed by atoms with Crippen LogP contribution >= 0.6 is 0 Å². The zero-order valence-electron chi connectivity index (χ0n) is 11.3. The topological polar surface area (TPSA) is 95.7 Å². The molecular formula is C13H13FN6O. The van der Waals surface area contributed by atoms with E-state index in [0.717, 1.165) is 0 Å². The third kappa shape index (κ3) is 2.79. The van der Waals surface area contributed by atoms with E-state index in [2.05, 4.69) is 20.5 Å². The molecule has 7 nitrogen and oxygen atoms in total. The summed E-state index contributed by atoms with van der Waals surface area (Å²) in [5.41, 5.74) is 7.38. The highest BCUT2D eigenvalue weighted by molar-refractivity contribution is 5.55. The first-order chi connectivity index (χ1) is 10.2. The predicted octanol–water partition coefficient (Wildman–Crippen LogP) is 1.28. The molecule has 21 heavy (non-hydrogen) atoms. The van der Waals surface area contributed by atoms with Crippen LogP contribution in [0.25, 0.3) is 11.4 Å². The average Bonchev–Trinajstić information content (AvgIpc) is 3.11. The minimum Gasteiger partial charge on any atom is -0.337 e. The summed E-state index contributed by atoms with van der Waals surface area (Å²) in [5, 5.41) is 11.7. The van der Waals surface area contributed by atoms with Gasteiger partial charge in [0.25, 0.3) is 0 Å². The predicted molar refractivity (Wildman–Crippen MR) is 71.4 cm³/mol. The number of hydrogen-bond acceptors (Lipinski definition) is 6. The molecule has 0 atom stereocenters. The van der Waals surface area contributed by atoms with Crippen molar-refractivity contribution in [3.63, 3.8) is 0 Å². The first-order valence-electron chi connectivity index (χ1n) is 6.34. The van der Waals surface area contributed by atoms with Crippen LogP contribution in [0.15, 0.2) is 28.9 Å². The third-order valence-electron chi connectivity index (χ3n) is 2.98. The molecule has 0 spiro atoms. The van der Waals surface area contributed by atoms with Crippen LogP contribution in [0.5, 0.6) is 0 Å². The van der Waals surface area contributed by atoms with E-state index in [9.17, 15) is 4.39 Å². The van der Waals surface area contributed by atoms with Crippen molar-refractivity contribution in [2.75, 3.05) is 0 Å². The molecule has 8 heteroatoms. The van der Waals surface area contributed by atoms with E-state index in [4.69, 9.17) is 10.3 Å². The molecule has 1 aromatic carbocycles. The molecule has 0 aliphatic rings. The molecule has 0 amide bonds. The summed E-state index contributed by atoms with van der Waals surface area (Å²) in [6.07, 6.45) is 1.71. The molecule has 108 valence electrons. The van der Waals surface area contributed by atoms with Crippen molar-refractivity contribution in [1.82, 2.24) is 25.1 Å². The monoisotopic (exact) mass is 288 g/mol. The van der Waals surface area contributed by atoms with E-state index < -0.39 is 0 Å². The van der Waals surface area contributed by atoms with E-state index in [-0.39, 0.29) is 5.82 Å². The number of aromatic nitrogens is 5. The van der Waals surface area contributed by atoms with E-state index in [1.165, 1.54) is 6.07 Å². The molecular weight excluding hydrogens is 275 g/mol. The van der Waals surface area contributed by atoms with E-state index in [0.29, 0.717) is 41.6 Å². The molecule has 3 rings (SSSR count). The number of rotatable bonds is 4. The molecule has 0 fully saturated rings. The van der Waals surface area contributed by atoms with Crippen molar-refractivity contribution in [3.05, 3.63) is 47.4 Å². The molecule has 0 saturated carbocycles. The molecule has 3 aromatic rings. The van der Waals surface area contributed by atoms with Crippen molar-refractivity contribution in [2.24, 2.45) is 5.73 Å². The summed E-state index contributed by atoms with van der Waals surface area (Å²) >= 11 is 0. The van der Waals surface area contributed by atoms with Crippen molar-refractivity contribution in [1.29, 1.82) is 0 Å². The second-order valence-corrected chi connectivity index (χ2v) is 4.59. The van der Waals surface area contributed by atoms with Crippen LogP contribution < -0.4 is 5.73 Å². The van der Waals surface area contributed by atoms with Gasteiger partial charge in [-0.3, -0.25) is 0 Å². The summed E-state index contributed by atoms with van der Waals surface area (Å²) in [7, 11) is 0. The first-order valence-corrected chi connectivity index (χ1v) is 6.34. The molecule has 2 heterocycles. The summed E-state index contributed by atoms with van der Waals surface area (Å²) in [6.45, 7) is 2.31. The Morgan fingerprint density at radius 3 is 2.95 bits per heavy atom. The van der Waals surface area contributed by atoms with Crippen LogP contribution in [0.2, 0.25) is 0 Å². The number of halogens is 1. The zero-order chi connectivity index (χ0) is 14.8. The molecule has 2 N–H and O–H groups in total. The number of nitrogens with two attached hydrogens (primary N) is 1. The molecule has 0 aliphatic carbocycles. The largest absolute Gasteiger partial charge is 0.337 e. The van der Waals surface area contributed by atoms with Gasteiger partial charge in [-0.1, -0.05) is 10.4 Å². The number of nitrogens with zero attached hydrogens (tertiary/aromatic N) is 5. The highest BCUT2D eigenvalue weighted by atomic mass is 19.1. The fourth-order valence-electron chi connectivity index (χ4n) is 1.87. The van der Waals surface area contributed by atoms with Gasteiger partial charge in [0.1, 0.15) is 12.4 Å². The number of hydrogen-bond donors (Lipinski definition) is 1. The lowest BCUT2D eigenvalue weighted by atomic mass is 10.1. The highest BCUT2D eigenvalue weighted by Gasteiger charge is 2.11. The molecule has 2 aromatic heterocycles. The van der Waals surface area contributed by atoms with E-state index >= 15 is 0 Å². The lowest BCUT2D eigenvalue weighted by Gasteiger charge is -1.98. The van der Waals surface area contributed by atoms with Crippen molar-refractivity contribution in [3.8, 4) is 11.4 Å². The Balaban J connectivity index is 1.80. The van der Waals surface area contributed by atoms with Gasteiger partial charge in [0.15, 0.2) is 0 Å². The quantitative estimate of drug-likeness (QED) is 0.777. The Hall–Kier alpha value is -2.61. The van der Waals surface area contributed by atoms with Crippen molar-refractivity contribution < 1.29 is 8.91 Å². The molecule has 0 bridgehead atoms. The minimum atomic E-state index is -0.264. The van der Waals surface area contributed by atoms with Crippen molar-refractivity contribution >= 4 is 0 Å². The number of aryl methyl sites for hydroxylation is 1. The van der Waals surface area contributed by atoms with Gasteiger partial charge >= 0.3 is 0 Å². The fraction of sp³-hybridized carbons (Fsp3) is 0.231. The Labute approximate surface area is 119 Å². The summed E-state index contributed by atoms with van der Waals surface area (Å²) in [4.78, 5) is 4.26. The fourth-order valence-corrected chi connectivity index (χ4v) is 1.87. The molecule has 0 radical (unpaired) electrons. The maximum Gasteiger partial charge on any atom is 0.248 e. The Morgan fingerprint density at radius 2 is 2.24 bits per heavy atom. The molecule has 0 aliphatic heterocycles. The van der Waals surface area contributed by atoms with E-state index in [1.807, 2.05) is 0 Å². The van der Waals surface area contributed by atoms with Crippen LogP contribution in [0.3, 0.4) is 0 Å². The summed E-state index contributed by atoms with van der Waals surface area (Å²) in [5.74, 6) is 0.534. The van der Waals surface area contributed by atoms with Gasteiger partial charge in [-0.15, -0.1) is 5.10 Å². The van der Waals surface area contributed by atoms with Crippen LogP contribution in [0.4, 0.5) is 4.39 Å². The second-order valence-electron chi connectivity index (χ2n) is 4.59. The third-order valence-corrected chi connectivity index (χ3v) is 2.98. The van der Waals surface area contributed by atoms with Gasteiger partial charge in [0, 0.05) is 12.1 Å². The van der Waals surface area contributed by atoms with Crippen molar-refractivity contribution in [2.45, 2.75) is 20.0 Å². The van der Waals surface area contributed by atoms with Gasteiger partial charge in [-0.2, -0.15) is 4.98 Å². The van der Waals surface area contributed by atoms with Crippen LogP contribution in [0, 0.1) is 12.7 Å². The Bertz CT molecular complexity index is 766. The Morgan fingerprint density at radius 1 is 1.38 bits per heavy atom. The van der Waals surface area contributed by atoms with E-state index in [1.54, 1.807) is 29.9 Å². The molecule has 0 unspecified atom stereocenters. The first kappa shape index (κ1) is 13.4. The van der Waals surface area contributed by atoms with Gasteiger partial charge < -0.3 is 10.3 Å². The number of benzene rings is 1. The van der Waals surface area contributed by atoms with Crippen LogP contribution in [0.1, 0.15) is 17.1 Å². The maximum atomic E-state index is 13.3. The van der Waals surface area contributed by atoms with Gasteiger partial charge in [0.05, 0.1) is 11.9 Å². The van der Waals surface area contributed by atoms with Gasteiger partial charge in [-0.05, 0) is 30.7 Å². The summed E-state index contributed by atoms with van der Waals surface area (Å²) in [6, 6.07) is 4.66. The zero-order valence-corrected chi connectivity index (χ0v) is 11.3. The van der Waals surface area contributed by atoms with Gasteiger partial charge in [0.2, 0.25) is 11.7 Å². The standard InChI is InChI=1S/C13H13FN6O/c1-8-4-9(2-3-11(8)14)13-16-12(21-18-13)7-20-6-10(5-15)17-19-20/h2-4,6H,5,7,15H2,1H3.